The summed E-state index contributed by atoms with van der Waals surface area (Å²) in [5.41, 5.74) is 0.595. The van der Waals surface area contributed by atoms with Gasteiger partial charge in [-0.15, -0.1) is 0 Å². The average Bonchev–Trinajstić information content (AvgIpc) is 2.29. The van der Waals surface area contributed by atoms with E-state index in [0.29, 0.717) is 0 Å². The van der Waals surface area contributed by atoms with Gasteiger partial charge in [-0.05, 0) is 20.8 Å². The van der Waals surface area contributed by atoms with E-state index >= 15 is 0 Å². The number of hydrazone groups is 1. The standard InChI is InChI=1S/C14H24N2O5/c1-13(2,3)10(17)8-9(11(18)20-7)15-16-12(19)21-14(4,5)6/h8H2,1-7H3,(H,16,19)/b15-9-. The fourth-order valence-corrected chi connectivity index (χ4v) is 1.11. The Labute approximate surface area is 125 Å². The minimum Gasteiger partial charge on any atom is -0.464 e. The first-order valence-corrected chi connectivity index (χ1v) is 6.54. The summed E-state index contributed by atoms with van der Waals surface area (Å²) in [7, 11) is 1.17. The van der Waals surface area contributed by atoms with Crippen LogP contribution >= 0.6 is 0 Å². The highest BCUT2D eigenvalue weighted by molar-refractivity contribution is 6.40. The van der Waals surface area contributed by atoms with Crippen LogP contribution in [0, 0.1) is 5.41 Å². The molecule has 0 aromatic carbocycles. The number of nitrogens with zero attached hydrogens (tertiary/aromatic N) is 1. The van der Waals surface area contributed by atoms with Crippen molar-refractivity contribution in [2.45, 2.75) is 53.6 Å². The van der Waals surface area contributed by atoms with E-state index in [1.54, 1.807) is 41.5 Å². The average molecular weight is 300 g/mol. The summed E-state index contributed by atoms with van der Waals surface area (Å²) < 4.78 is 9.52. The summed E-state index contributed by atoms with van der Waals surface area (Å²) >= 11 is 0. The first-order chi connectivity index (χ1) is 9.36. The molecule has 0 saturated carbocycles. The molecule has 0 aliphatic carbocycles. The number of esters is 1. The number of amides is 1. The molecule has 1 amide bonds. The zero-order valence-electron chi connectivity index (χ0n) is 13.7. The summed E-state index contributed by atoms with van der Waals surface area (Å²) in [6.45, 7) is 10.3. The predicted molar refractivity (Wildman–Crippen MR) is 77.9 cm³/mol. The van der Waals surface area contributed by atoms with Gasteiger partial charge < -0.3 is 9.47 Å². The van der Waals surface area contributed by atoms with Crippen molar-refractivity contribution in [2.24, 2.45) is 10.5 Å². The maximum Gasteiger partial charge on any atom is 0.428 e. The second-order valence-corrected chi connectivity index (χ2v) is 6.51. The molecule has 0 spiro atoms. The van der Waals surface area contributed by atoms with Crippen molar-refractivity contribution >= 4 is 23.6 Å². The molecule has 0 aromatic heterocycles. The molecule has 7 nitrogen and oxygen atoms in total. The third kappa shape index (κ3) is 8.06. The van der Waals surface area contributed by atoms with Gasteiger partial charge in [0.2, 0.25) is 0 Å². The molecule has 120 valence electrons. The predicted octanol–water partition coefficient (Wildman–Crippen LogP) is 2.05. The first-order valence-electron chi connectivity index (χ1n) is 6.54. The van der Waals surface area contributed by atoms with Crippen LogP contribution in [0.1, 0.15) is 48.0 Å². The molecule has 21 heavy (non-hydrogen) atoms. The maximum atomic E-state index is 11.9. The van der Waals surface area contributed by atoms with Gasteiger partial charge >= 0.3 is 12.1 Å². The Hall–Kier alpha value is -1.92. The summed E-state index contributed by atoms with van der Waals surface area (Å²) in [6, 6.07) is 0. The highest BCUT2D eigenvalue weighted by atomic mass is 16.6. The van der Waals surface area contributed by atoms with Crippen molar-refractivity contribution in [2.75, 3.05) is 7.11 Å². The Kier molecular flexibility index (Phi) is 6.53. The Morgan fingerprint density at radius 1 is 1.05 bits per heavy atom. The third-order valence-corrected chi connectivity index (χ3v) is 2.27. The molecule has 0 rings (SSSR count). The van der Waals surface area contributed by atoms with Crippen molar-refractivity contribution in [1.29, 1.82) is 0 Å². The zero-order chi connectivity index (χ0) is 16.8. The Morgan fingerprint density at radius 3 is 1.95 bits per heavy atom. The van der Waals surface area contributed by atoms with Crippen LogP contribution in [0.2, 0.25) is 0 Å². The number of hydrogen-bond donors (Lipinski definition) is 1. The largest absolute Gasteiger partial charge is 0.464 e. The Bertz CT molecular complexity index is 441. The Balaban J connectivity index is 4.93. The molecule has 1 N–H and O–H groups in total. The molecule has 0 aliphatic rings. The molecule has 0 bridgehead atoms. The lowest BCUT2D eigenvalue weighted by atomic mass is 9.88. The van der Waals surface area contributed by atoms with E-state index in [2.05, 4.69) is 15.3 Å². The van der Waals surface area contributed by atoms with Crippen molar-refractivity contribution < 1.29 is 23.9 Å². The lowest BCUT2D eigenvalue weighted by molar-refractivity contribution is -0.134. The highest BCUT2D eigenvalue weighted by Gasteiger charge is 2.26. The zero-order valence-corrected chi connectivity index (χ0v) is 13.7. The maximum absolute atomic E-state index is 11.9. The van der Waals surface area contributed by atoms with Gasteiger partial charge in [0.1, 0.15) is 11.4 Å². The number of carbonyl (C=O) groups excluding carboxylic acids is 3. The van der Waals surface area contributed by atoms with Crippen LogP contribution in [-0.4, -0.2) is 36.3 Å². The molecule has 0 aliphatic heterocycles. The number of ether oxygens (including phenoxy) is 2. The smallest absolute Gasteiger partial charge is 0.428 e. The van der Waals surface area contributed by atoms with Gasteiger partial charge in [0.15, 0.2) is 5.71 Å². The molecule has 0 heterocycles. The van der Waals surface area contributed by atoms with Gasteiger partial charge in [-0.25, -0.2) is 15.0 Å². The molecule has 7 heteroatoms. The monoisotopic (exact) mass is 300 g/mol. The number of ketones is 1. The molecule has 0 unspecified atom stereocenters. The third-order valence-electron chi connectivity index (χ3n) is 2.27. The fourth-order valence-electron chi connectivity index (χ4n) is 1.11. The second-order valence-electron chi connectivity index (χ2n) is 6.51. The molecule has 0 saturated heterocycles. The number of hydrogen-bond acceptors (Lipinski definition) is 6. The number of Topliss-reactive ketones (excluding diaryl/α,β-unsaturated/α-hetero) is 1. The molecule has 0 atom stereocenters. The lowest BCUT2D eigenvalue weighted by Crippen LogP contribution is -2.33. The summed E-state index contributed by atoms with van der Waals surface area (Å²) in [6.07, 6.45) is -1.04. The van der Waals surface area contributed by atoms with Gasteiger partial charge in [0, 0.05) is 5.41 Å². The number of carbonyl (C=O) groups is 3. The van der Waals surface area contributed by atoms with Gasteiger partial charge in [0.05, 0.1) is 13.5 Å². The van der Waals surface area contributed by atoms with Gasteiger partial charge in [0.25, 0.3) is 0 Å². The summed E-state index contributed by atoms with van der Waals surface area (Å²) in [4.78, 5) is 35.0. The van der Waals surface area contributed by atoms with Crippen LogP contribution in [-0.2, 0) is 19.1 Å². The SMILES string of the molecule is COC(=O)/C(CC(=O)C(C)(C)C)=N\NC(=O)OC(C)(C)C. The van der Waals surface area contributed by atoms with E-state index in [4.69, 9.17) is 4.74 Å². The first kappa shape index (κ1) is 19.1. The normalized spacial score (nSPS) is 12.6. The molecule has 0 aromatic rings. The molecule has 0 radical (unpaired) electrons. The number of nitrogens with one attached hydrogen (secondary N) is 1. The molecular weight excluding hydrogens is 276 g/mol. The van der Waals surface area contributed by atoms with Crippen LogP contribution in [0.5, 0.6) is 0 Å². The van der Waals surface area contributed by atoms with Crippen molar-refractivity contribution in [1.82, 2.24) is 5.43 Å². The van der Waals surface area contributed by atoms with Crippen LogP contribution in [0.15, 0.2) is 5.10 Å². The summed E-state index contributed by atoms with van der Waals surface area (Å²) in [5.74, 6) is -0.971. The van der Waals surface area contributed by atoms with E-state index in [1.165, 1.54) is 7.11 Å². The van der Waals surface area contributed by atoms with Crippen molar-refractivity contribution in [3.05, 3.63) is 0 Å². The summed E-state index contributed by atoms with van der Waals surface area (Å²) in [5, 5.41) is 3.63. The van der Waals surface area contributed by atoms with Crippen molar-refractivity contribution in [3.8, 4) is 0 Å². The van der Waals surface area contributed by atoms with Crippen LogP contribution in [0.4, 0.5) is 4.79 Å². The van der Waals surface area contributed by atoms with E-state index in [-0.39, 0.29) is 17.9 Å². The van der Waals surface area contributed by atoms with Crippen LogP contribution in [0.25, 0.3) is 0 Å². The molecular formula is C14H24N2O5. The van der Waals surface area contributed by atoms with Crippen LogP contribution < -0.4 is 5.43 Å². The van der Waals surface area contributed by atoms with Gasteiger partial charge in [-0.2, -0.15) is 5.10 Å². The quantitative estimate of drug-likeness (QED) is 0.487. The number of methoxy groups -OCH3 is 1. The van der Waals surface area contributed by atoms with E-state index in [1.807, 2.05) is 0 Å². The van der Waals surface area contributed by atoms with E-state index in [9.17, 15) is 14.4 Å². The second kappa shape index (κ2) is 7.19. The Morgan fingerprint density at radius 2 is 1.57 bits per heavy atom. The van der Waals surface area contributed by atoms with E-state index < -0.39 is 23.1 Å². The minimum atomic E-state index is -0.813. The lowest BCUT2D eigenvalue weighted by Gasteiger charge is -2.19. The highest BCUT2D eigenvalue weighted by Crippen LogP contribution is 2.17. The topological polar surface area (TPSA) is 94.1 Å². The van der Waals surface area contributed by atoms with Crippen LogP contribution in [0.3, 0.4) is 0 Å². The minimum absolute atomic E-state index is 0.178. The van der Waals surface area contributed by atoms with E-state index in [0.717, 1.165) is 0 Å². The van der Waals surface area contributed by atoms with Crippen molar-refractivity contribution in [3.63, 3.8) is 0 Å². The fraction of sp³-hybridized carbons (Fsp3) is 0.714. The molecule has 0 fully saturated rings. The number of rotatable bonds is 4. The van der Waals surface area contributed by atoms with Gasteiger partial charge in [-0.3, -0.25) is 4.79 Å². The van der Waals surface area contributed by atoms with Gasteiger partial charge in [-0.1, -0.05) is 20.8 Å².